The minimum atomic E-state index is -4.50. The standard InChI is InChI=1S/C9H9F3N2O3/c10-9(11,12)4-7(13)6-3-5(14(16)17)1-2-8(6)15/h1-3,7,15H,4,13H2/t7-/m1/s1. The van der Waals surface area contributed by atoms with Gasteiger partial charge in [-0.05, 0) is 6.07 Å². The van der Waals surface area contributed by atoms with Crippen LogP contribution >= 0.6 is 0 Å². The maximum absolute atomic E-state index is 12.1. The Morgan fingerprint density at radius 3 is 2.53 bits per heavy atom. The van der Waals surface area contributed by atoms with E-state index >= 15 is 0 Å². The summed E-state index contributed by atoms with van der Waals surface area (Å²) >= 11 is 0. The Bertz CT molecular complexity index is 434. The van der Waals surface area contributed by atoms with Crippen molar-refractivity contribution >= 4 is 5.69 Å². The lowest BCUT2D eigenvalue weighted by molar-refractivity contribution is -0.385. The largest absolute Gasteiger partial charge is 0.508 e. The number of nitrogens with two attached hydrogens (primary N) is 1. The zero-order valence-corrected chi connectivity index (χ0v) is 8.44. The number of phenolic OH excluding ortho intramolecular Hbond substituents is 1. The molecule has 0 aliphatic heterocycles. The molecule has 3 N–H and O–H groups in total. The van der Waals surface area contributed by atoms with Crippen LogP contribution in [0.4, 0.5) is 18.9 Å². The second kappa shape index (κ2) is 4.58. The van der Waals surface area contributed by atoms with E-state index in [9.17, 15) is 28.4 Å². The van der Waals surface area contributed by atoms with Crippen LogP contribution in [0, 0.1) is 10.1 Å². The molecule has 0 aliphatic rings. The molecule has 0 aliphatic carbocycles. The maximum atomic E-state index is 12.1. The summed E-state index contributed by atoms with van der Waals surface area (Å²) in [5.41, 5.74) is 4.53. The smallest absolute Gasteiger partial charge is 0.390 e. The van der Waals surface area contributed by atoms with Gasteiger partial charge in [0.2, 0.25) is 0 Å². The molecule has 0 fully saturated rings. The van der Waals surface area contributed by atoms with Gasteiger partial charge in [0.25, 0.3) is 5.69 Å². The van der Waals surface area contributed by atoms with Gasteiger partial charge in [-0.2, -0.15) is 13.2 Å². The Balaban J connectivity index is 3.04. The van der Waals surface area contributed by atoms with Crippen molar-refractivity contribution < 1.29 is 23.2 Å². The van der Waals surface area contributed by atoms with Gasteiger partial charge >= 0.3 is 6.18 Å². The summed E-state index contributed by atoms with van der Waals surface area (Å²) in [7, 11) is 0. The van der Waals surface area contributed by atoms with Gasteiger partial charge in [-0.1, -0.05) is 0 Å². The molecule has 0 spiro atoms. The van der Waals surface area contributed by atoms with Gasteiger partial charge in [-0.15, -0.1) is 0 Å². The van der Waals surface area contributed by atoms with Crippen LogP contribution in [0.15, 0.2) is 18.2 Å². The predicted molar refractivity (Wildman–Crippen MR) is 52.4 cm³/mol. The number of nitro benzene ring substituents is 1. The number of aromatic hydroxyl groups is 1. The Morgan fingerprint density at radius 1 is 1.47 bits per heavy atom. The first-order valence-corrected chi connectivity index (χ1v) is 4.50. The summed E-state index contributed by atoms with van der Waals surface area (Å²) in [4.78, 5) is 9.66. The first-order chi connectivity index (χ1) is 7.70. The van der Waals surface area contributed by atoms with Gasteiger partial charge in [0.15, 0.2) is 0 Å². The van der Waals surface area contributed by atoms with E-state index in [-0.39, 0.29) is 5.56 Å². The van der Waals surface area contributed by atoms with Gasteiger partial charge < -0.3 is 10.8 Å². The minimum Gasteiger partial charge on any atom is -0.508 e. The molecular weight excluding hydrogens is 241 g/mol. The number of non-ortho nitro benzene ring substituents is 1. The maximum Gasteiger partial charge on any atom is 0.390 e. The van der Waals surface area contributed by atoms with Crippen molar-refractivity contribution in [3.8, 4) is 5.75 Å². The second-order valence-corrected chi connectivity index (χ2v) is 3.43. The number of benzene rings is 1. The number of rotatable bonds is 3. The fraction of sp³-hybridized carbons (Fsp3) is 0.333. The molecule has 1 atom stereocenters. The summed E-state index contributed by atoms with van der Waals surface area (Å²) in [5.74, 6) is -0.493. The van der Waals surface area contributed by atoms with Gasteiger partial charge in [-0.3, -0.25) is 10.1 Å². The van der Waals surface area contributed by atoms with E-state index in [1.54, 1.807) is 0 Å². The van der Waals surface area contributed by atoms with Gasteiger partial charge in [0.1, 0.15) is 5.75 Å². The third kappa shape index (κ3) is 3.59. The average Bonchev–Trinajstić information content (AvgIpc) is 2.14. The van der Waals surface area contributed by atoms with Crippen molar-refractivity contribution in [1.29, 1.82) is 0 Å². The van der Waals surface area contributed by atoms with Crippen LogP contribution < -0.4 is 5.73 Å². The van der Waals surface area contributed by atoms with Crippen molar-refractivity contribution in [3.05, 3.63) is 33.9 Å². The van der Waals surface area contributed by atoms with Crippen LogP contribution in [0.1, 0.15) is 18.0 Å². The van der Waals surface area contributed by atoms with Crippen molar-refractivity contribution in [3.63, 3.8) is 0 Å². The molecule has 0 saturated carbocycles. The average molecular weight is 250 g/mol. The van der Waals surface area contributed by atoms with Crippen molar-refractivity contribution in [2.75, 3.05) is 0 Å². The monoisotopic (exact) mass is 250 g/mol. The van der Waals surface area contributed by atoms with Crippen LogP contribution in [-0.2, 0) is 0 Å². The lowest BCUT2D eigenvalue weighted by Crippen LogP contribution is -2.20. The lowest BCUT2D eigenvalue weighted by atomic mass is 10.0. The molecule has 1 aromatic carbocycles. The van der Waals surface area contributed by atoms with E-state index in [4.69, 9.17) is 5.73 Å². The number of phenols is 1. The Kier molecular flexibility index (Phi) is 3.56. The van der Waals surface area contributed by atoms with Gasteiger partial charge in [-0.25, -0.2) is 0 Å². The highest BCUT2D eigenvalue weighted by Crippen LogP contribution is 2.33. The predicted octanol–water partition coefficient (Wildman–Crippen LogP) is 2.25. The zero-order valence-electron chi connectivity index (χ0n) is 8.44. The number of nitro groups is 1. The molecule has 0 amide bonds. The zero-order chi connectivity index (χ0) is 13.2. The molecule has 5 nitrogen and oxygen atoms in total. The number of alkyl halides is 3. The topological polar surface area (TPSA) is 89.4 Å². The Morgan fingerprint density at radius 2 is 2.06 bits per heavy atom. The molecule has 8 heteroatoms. The van der Waals surface area contributed by atoms with E-state index in [1.807, 2.05) is 0 Å². The molecule has 0 heterocycles. The van der Waals surface area contributed by atoms with E-state index < -0.39 is 35.0 Å². The third-order valence-corrected chi connectivity index (χ3v) is 2.07. The normalized spacial score (nSPS) is 13.4. The van der Waals surface area contributed by atoms with Gasteiger partial charge in [0, 0.05) is 23.7 Å². The molecule has 1 aromatic rings. The molecule has 0 saturated heterocycles. The van der Waals surface area contributed by atoms with Crippen LogP contribution in [0.3, 0.4) is 0 Å². The Labute approximate surface area is 93.8 Å². The summed E-state index contributed by atoms with van der Waals surface area (Å²) in [6, 6.07) is 1.24. The molecule has 1 rings (SSSR count). The highest BCUT2D eigenvalue weighted by Gasteiger charge is 2.32. The molecular formula is C9H9F3N2O3. The van der Waals surface area contributed by atoms with Crippen LogP contribution in [-0.4, -0.2) is 16.2 Å². The van der Waals surface area contributed by atoms with E-state index in [0.29, 0.717) is 0 Å². The number of nitrogens with zero attached hydrogens (tertiary/aromatic N) is 1. The summed E-state index contributed by atoms with van der Waals surface area (Å²) in [6.45, 7) is 0. The third-order valence-electron chi connectivity index (χ3n) is 2.07. The fourth-order valence-corrected chi connectivity index (χ4v) is 1.31. The Hall–Kier alpha value is -1.83. The number of hydrogen-bond acceptors (Lipinski definition) is 4. The second-order valence-electron chi connectivity index (χ2n) is 3.43. The number of halogens is 3. The van der Waals surface area contributed by atoms with Crippen LogP contribution in [0.25, 0.3) is 0 Å². The summed E-state index contributed by atoms with van der Waals surface area (Å²) in [6.07, 6.45) is -5.86. The summed E-state index contributed by atoms with van der Waals surface area (Å²) < 4.78 is 36.3. The molecule has 17 heavy (non-hydrogen) atoms. The van der Waals surface area contributed by atoms with Crippen molar-refractivity contribution in [1.82, 2.24) is 0 Å². The first-order valence-electron chi connectivity index (χ1n) is 4.50. The van der Waals surface area contributed by atoms with E-state index in [0.717, 1.165) is 18.2 Å². The molecule has 0 radical (unpaired) electrons. The molecule has 94 valence electrons. The SMILES string of the molecule is N[C@H](CC(F)(F)F)c1cc([N+](=O)[O-])ccc1O. The van der Waals surface area contributed by atoms with Gasteiger partial charge in [0.05, 0.1) is 11.3 Å². The fourth-order valence-electron chi connectivity index (χ4n) is 1.31. The quantitative estimate of drug-likeness (QED) is 0.636. The van der Waals surface area contributed by atoms with Crippen LogP contribution in [0.5, 0.6) is 5.75 Å². The minimum absolute atomic E-state index is 0.295. The lowest BCUT2D eigenvalue weighted by Gasteiger charge is -2.15. The van der Waals surface area contributed by atoms with Crippen molar-refractivity contribution in [2.24, 2.45) is 5.73 Å². The molecule has 0 aromatic heterocycles. The van der Waals surface area contributed by atoms with Crippen LogP contribution in [0.2, 0.25) is 0 Å². The highest BCUT2D eigenvalue weighted by atomic mass is 19.4. The van der Waals surface area contributed by atoms with Crippen molar-refractivity contribution in [2.45, 2.75) is 18.6 Å². The summed E-state index contributed by atoms with van der Waals surface area (Å²) in [5, 5.41) is 19.7. The molecule has 0 unspecified atom stereocenters. The molecule has 0 bridgehead atoms. The highest BCUT2D eigenvalue weighted by molar-refractivity contribution is 5.44. The van der Waals surface area contributed by atoms with E-state index in [1.165, 1.54) is 0 Å². The van der Waals surface area contributed by atoms with E-state index in [2.05, 4.69) is 0 Å². The number of hydrogen-bond donors (Lipinski definition) is 2. The first kappa shape index (κ1) is 13.2.